The Morgan fingerprint density at radius 1 is 1.45 bits per heavy atom. The van der Waals surface area contributed by atoms with Crippen LogP contribution < -0.4 is 4.74 Å². The number of ether oxygens (including phenoxy) is 1. The summed E-state index contributed by atoms with van der Waals surface area (Å²) in [5, 5.41) is 9.24. The number of hydrogen-bond donors (Lipinski definition) is 1. The topological polar surface area (TPSA) is 66.8 Å². The third-order valence-electron chi connectivity index (χ3n) is 3.68. The van der Waals surface area contributed by atoms with E-state index in [1.807, 2.05) is 13.0 Å². The Morgan fingerprint density at radius 2 is 2.20 bits per heavy atom. The molecule has 5 nitrogen and oxygen atoms in total. The molecule has 1 fully saturated rings. The summed E-state index contributed by atoms with van der Waals surface area (Å²) in [5.74, 6) is 0.385. The molecule has 1 N–H and O–H groups in total. The quantitative estimate of drug-likeness (QED) is 0.912. The van der Waals surface area contributed by atoms with Crippen molar-refractivity contribution in [2.75, 3.05) is 26.8 Å². The zero-order chi connectivity index (χ0) is 14.8. The molecule has 1 unspecified atom stereocenters. The highest BCUT2D eigenvalue weighted by atomic mass is 32.2. The van der Waals surface area contributed by atoms with Gasteiger partial charge in [-0.15, -0.1) is 0 Å². The van der Waals surface area contributed by atoms with Crippen molar-refractivity contribution in [1.29, 1.82) is 0 Å². The van der Waals surface area contributed by atoms with E-state index in [0.29, 0.717) is 18.8 Å². The lowest BCUT2D eigenvalue weighted by Gasteiger charge is -2.31. The number of aryl methyl sites for hydroxylation is 1. The van der Waals surface area contributed by atoms with Crippen molar-refractivity contribution < 1.29 is 18.3 Å². The molecule has 0 saturated carbocycles. The maximum Gasteiger partial charge on any atom is 0.246 e. The number of nitrogens with zero attached hydrogens (tertiary/aromatic N) is 1. The number of benzene rings is 1. The molecule has 0 spiro atoms. The molecule has 1 aliphatic rings. The van der Waals surface area contributed by atoms with E-state index >= 15 is 0 Å². The first kappa shape index (κ1) is 15.3. The van der Waals surface area contributed by atoms with Gasteiger partial charge in [-0.25, -0.2) is 8.42 Å². The van der Waals surface area contributed by atoms with Crippen LogP contribution in [-0.4, -0.2) is 44.6 Å². The minimum absolute atomic E-state index is 0.0225. The molecule has 0 aliphatic carbocycles. The first-order chi connectivity index (χ1) is 9.48. The van der Waals surface area contributed by atoms with E-state index in [1.165, 1.54) is 11.4 Å². The van der Waals surface area contributed by atoms with Gasteiger partial charge in [0, 0.05) is 19.7 Å². The summed E-state index contributed by atoms with van der Waals surface area (Å²) < 4.78 is 32.1. The smallest absolute Gasteiger partial charge is 0.246 e. The monoisotopic (exact) mass is 299 g/mol. The minimum Gasteiger partial charge on any atom is -0.495 e. The van der Waals surface area contributed by atoms with Crippen LogP contribution in [0.25, 0.3) is 0 Å². The second-order valence-electron chi connectivity index (χ2n) is 5.21. The normalized spacial score (nSPS) is 20.9. The Kier molecular flexibility index (Phi) is 4.67. The maximum absolute atomic E-state index is 12.7. The van der Waals surface area contributed by atoms with Gasteiger partial charge in [-0.2, -0.15) is 4.31 Å². The second kappa shape index (κ2) is 6.11. The van der Waals surface area contributed by atoms with Crippen LogP contribution in [0, 0.1) is 12.8 Å². The van der Waals surface area contributed by atoms with Gasteiger partial charge < -0.3 is 9.84 Å². The molecule has 2 rings (SSSR count). The third-order valence-corrected chi connectivity index (χ3v) is 5.56. The number of aliphatic hydroxyl groups is 1. The van der Waals surface area contributed by atoms with E-state index in [4.69, 9.17) is 4.74 Å². The van der Waals surface area contributed by atoms with Gasteiger partial charge in [0.15, 0.2) is 0 Å². The van der Waals surface area contributed by atoms with E-state index < -0.39 is 10.0 Å². The summed E-state index contributed by atoms with van der Waals surface area (Å²) in [5.41, 5.74) is 0.875. The second-order valence-corrected chi connectivity index (χ2v) is 7.11. The largest absolute Gasteiger partial charge is 0.495 e. The van der Waals surface area contributed by atoms with Crippen LogP contribution in [0.5, 0.6) is 5.75 Å². The summed E-state index contributed by atoms with van der Waals surface area (Å²) in [6.07, 6.45) is 1.64. The molecule has 0 amide bonds. The lowest BCUT2D eigenvalue weighted by molar-refractivity contribution is 0.165. The molecule has 0 aromatic heterocycles. The van der Waals surface area contributed by atoms with Crippen LogP contribution >= 0.6 is 0 Å². The molecule has 1 aliphatic heterocycles. The Bertz CT molecular complexity index is 571. The Balaban J connectivity index is 2.37. The molecule has 20 heavy (non-hydrogen) atoms. The standard InChI is InChI=1S/C14H21NO4S/c1-11-5-6-13(19-2)14(8-11)20(17,18)15-7-3-4-12(9-15)10-16/h5-6,8,12,16H,3-4,7,9-10H2,1-2H3. The average Bonchev–Trinajstić information content (AvgIpc) is 2.47. The Labute approximate surface area is 120 Å². The maximum atomic E-state index is 12.7. The highest BCUT2D eigenvalue weighted by Gasteiger charge is 2.32. The Morgan fingerprint density at radius 3 is 2.85 bits per heavy atom. The zero-order valence-corrected chi connectivity index (χ0v) is 12.7. The number of rotatable bonds is 4. The molecule has 1 saturated heterocycles. The molecule has 1 aromatic rings. The fraction of sp³-hybridized carbons (Fsp3) is 0.571. The number of aliphatic hydroxyl groups excluding tert-OH is 1. The van der Waals surface area contributed by atoms with Crippen molar-refractivity contribution >= 4 is 10.0 Å². The predicted molar refractivity (Wildman–Crippen MR) is 76.3 cm³/mol. The van der Waals surface area contributed by atoms with E-state index in [2.05, 4.69) is 0 Å². The zero-order valence-electron chi connectivity index (χ0n) is 11.9. The fourth-order valence-electron chi connectivity index (χ4n) is 2.52. The first-order valence-corrected chi connectivity index (χ1v) is 8.18. The molecule has 1 atom stereocenters. The summed E-state index contributed by atoms with van der Waals surface area (Å²) in [4.78, 5) is 0.207. The highest BCUT2D eigenvalue weighted by molar-refractivity contribution is 7.89. The van der Waals surface area contributed by atoms with E-state index in [-0.39, 0.29) is 17.4 Å². The van der Waals surface area contributed by atoms with Gasteiger partial charge in [0.05, 0.1) is 7.11 Å². The van der Waals surface area contributed by atoms with Crippen LogP contribution in [0.15, 0.2) is 23.1 Å². The summed E-state index contributed by atoms with van der Waals surface area (Å²) >= 11 is 0. The van der Waals surface area contributed by atoms with E-state index in [0.717, 1.165) is 18.4 Å². The molecule has 6 heteroatoms. The van der Waals surface area contributed by atoms with E-state index in [9.17, 15) is 13.5 Å². The van der Waals surface area contributed by atoms with Crippen molar-refractivity contribution in [2.24, 2.45) is 5.92 Å². The van der Waals surface area contributed by atoms with Gasteiger partial charge >= 0.3 is 0 Å². The van der Waals surface area contributed by atoms with Crippen molar-refractivity contribution in [2.45, 2.75) is 24.7 Å². The van der Waals surface area contributed by atoms with Gasteiger partial charge in [0.2, 0.25) is 10.0 Å². The predicted octanol–water partition coefficient (Wildman–Crippen LogP) is 1.40. The number of hydrogen-bond acceptors (Lipinski definition) is 4. The van der Waals surface area contributed by atoms with Crippen molar-refractivity contribution in [3.8, 4) is 5.75 Å². The number of sulfonamides is 1. The van der Waals surface area contributed by atoms with Crippen LogP contribution in [0.1, 0.15) is 18.4 Å². The molecule has 112 valence electrons. The number of methoxy groups -OCH3 is 1. The van der Waals surface area contributed by atoms with Gasteiger partial charge in [-0.3, -0.25) is 0 Å². The van der Waals surface area contributed by atoms with Crippen molar-refractivity contribution in [3.05, 3.63) is 23.8 Å². The van der Waals surface area contributed by atoms with Crippen LogP contribution in [0.3, 0.4) is 0 Å². The van der Waals surface area contributed by atoms with Gasteiger partial charge in [0.25, 0.3) is 0 Å². The van der Waals surface area contributed by atoms with E-state index in [1.54, 1.807) is 12.1 Å². The average molecular weight is 299 g/mol. The SMILES string of the molecule is COc1ccc(C)cc1S(=O)(=O)N1CCCC(CO)C1. The third kappa shape index (κ3) is 2.97. The lowest BCUT2D eigenvalue weighted by atomic mass is 10.0. The Hall–Kier alpha value is -1.11. The van der Waals surface area contributed by atoms with Gasteiger partial charge in [-0.1, -0.05) is 6.07 Å². The molecule has 0 radical (unpaired) electrons. The first-order valence-electron chi connectivity index (χ1n) is 6.74. The van der Waals surface area contributed by atoms with Gasteiger partial charge in [-0.05, 0) is 43.4 Å². The van der Waals surface area contributed by atoms with Crippen molar-refractivity contribution in [3.63, 3.8) is 0 Å². The van der Waals surface area contributed by atoms with Crippen LogP contribution in [0.2, 0.25) is 0 Å². The molecule has 1 aromatic carbocycles. The van der Waals surface area contributed by atoms with Crippen LogP contribution in [0.4, 0.5) is 0 Å². The molecular formula is C14H21NO4S. The van der Waals surface area contributed by atoms with Crippen LogP contribution in [-0.2, 0) is 10.0 Å². The molecule has 0 bridgehead atoms. The summed E-state index contributed by atoms with van der Waals surface area (Å²) in [6, 6.07) is 5.14. The summed E-state index contributed by atoms with van der Waals surface area (Å²) in [6.45, 7) is 2.74. The van der Waals surface area contributed by atoms with Gasteiger partial charge in [0.1, 0.15) is 10.6 Å². The highest BCUT2D eigenvalue weighted by Crippen LogP contribution is 2.30. The fourth-order valence-corrected chi connectivity index (χ4v) is 4.31. The molecular weight excluding hydrogens is 278 g/mol. The number of piperidine rings is 1. The van der Waals surface area contributed by atoms with Crippen molar-refractivity contribution in [1.82, 2.24) is 4.31 Å². The lowest BCUT2D eigenvalue weighted by Crippen LogP contribution is -2.41. The molecule has 1 heterocycles. The minimum atomic E-state index is -3.57. The summed E-state index contributed by atoms with van der Waals surface area (Å²) in [7, 11) is -2.10.